The summed E-state index contributed by atoms with van der Waals surface area (Å²) in [6.07, 6.45) is 2.65. The molecule has 1 aromatic heterocycles. The highest BCUT2D eigenvalue weighted by molar-refractivity contribution is 5.57. The summed E-state index contributed by atoms with van der Waals surface area (Å²) in [6.45, 7) is 7.20. The maximum Gasteiger partial charge on any atom is 0.244 e. The van der Waals surface area contributed by atoms with Crippen molar-refractivity contribution in [2.75, 3.05) is 13.2 Å². The number of nitriles is 1. The van der Waals surface area contributed by atoms with E-state index in [0.29, 0.717) is 36.2 Å². The molecule has 7 heteroatoms. The summed E-state index contributed by atoms with van der Waals surface area (Å²) in [7, 11) is 0. The average molecular weight is 382 g/mol. The summed E-state index contributed by atoms with van der Waals surface area (Å²) in [6, 6.07) is 7.97. The van der Waals surface area contributed by atoms with Crippen LogP contribution in [0.1, 0.15) is 56.4 Å². The van der Waals surface area contributed by atoms with Gasteiger partial charge in [-0.25, -0.2) is 0 Å². The number of H-pyrrole nitrogens is 1. The van der Waals surface area contributed by atoms with Crippen molar-refractivity contribution < 1.29 is 14.2 Å². The Bertz CT molecular complexity index is 911. The molecule has 2 aromatic rings. The number of ether oxygens (including phenoxy) is 3. The number of hydrogen-bond acceptors (Lipinski definition) is 6. The zero-order chi connectivity index (χ0) is 20.1. The first kappa shape index (κ1) is 19.6. The Kier molecular flexibility index (Phi) is 6.09. The van der Waals surface area contributed by atoms with Crippen LogP contribution in [0.5, 0.6) is 17.4 Å². The minimum atomic E-state index is -0.367. The average Bonchev–Trinajstić information content (AvgIpc) is 3.08. The molecule has 0 spiro atoms. The van der Waals surface area contributed by atoms with Gasteiger partial charge in [0.1, 0.15) is 11.6 Å². The zero-order valence-electron chi connectivity index (χ0n) is 16.5. The highest BCUT2D eigenvalue weighted by atomic mass is 16.5. The number of fused-ring (bicyclic) bond motifs is 1. The summed E-state index contributed by atoms with van der Waals surface area (Å²) < 4.78 is 17.2. The molecule has 2 heterocycles. The third-order valence-corrected chi connectivity index (χ3v) is 4.58. The van der Waals surface area contributed by atoms with Gasteiger partial charge in [0.05, 0.1) is 19.1 Å². The first-order valence-electron chi connectivity index (χ1n) is 9.68. The van der Waals surface area contributed by atoms with Gasteiger partial charge in [0, 0.05) is 11.3 Å². The van der Waals surface area contributed by atoms with Crippen LogP contribution >= 0.6 is 0 Å². The minimum absolute atomic E-state index is 0.0822. The monoisotopic (exact) mass is 382 g/mol. The summed E-state index contributed by atoms with van der Waals surface area (Å²) >= 11 is 0. The maximum absolute atomic E-state index is 9.77. The number of rotatable bonds is 8. The molecular formula is C21H26N4O3. The number of nitrogens with zero attached hydrogens (tertiary/aromatic N) is 2. The number of hydrogen-bond donors (Lipinski definition) is 2. The topological polar surface area (TPSA) is 106 Å². The molecule has 0 bridgehead atoms. The molecule has 0 amide bonds. The van der Waals surface area contributed by atoms with E-state index < -0.39 is 0 Å². The van der Waals surface area contributed by atoms with E-state index in [9.17, 15) is 5.26 Å². The molecule has 0 fully saturated rings. The van der Waals surface area contributed by atoms with E-state index in [1.54, 1.807) is 0 Å². The highest BCUT2D eigenvalue weighted by Crippen LogP contribution is 2.44. The van der Waals surface area contributed by atoms with E-state index in [1.165, 1.54) is 0 Å². The Morgan fingerprint density at radius 2 is 2.04 bits per heavy atom. The van der Waals surface area contributed by atoms with Crippen LogP contribution in [0.3, 0.4) is 0 Å². The van der Waals surface area contributed by atoms with E-state index in [-0.39, 0.29) is 11.8 Å². The van der Waals surface area contributed by atoms with Crippen LogP contribution in [0.2, 0.25) is 0 Å². The lowest BCUT2D eigenvalue weighted by molar-refractivity contribution is 0.276. The molecule has 1 atom stereocenters. The number of aromatic amines is 1. The zero-order valence-corrected chi connectivity index (χ0v) is 16.5. The molecule has 0 unspecified atom stereocenters. The van der Waals surface area contributed by atoms with Crippen LogP contribution in [-0.2, 0) is 6.42 Å². The van der Waals surface area contributed by atoms with Crippen molar-refractivity contribution in [2.45, 2.75) is 46.0 Å². The van der Waals surface area contributed by atoms with Gasteiger partial charge in [0.2, 0.25) is 11.8 Å². The van der Waals surface area contributed by atoms with Crippen molar-refractivity contribution >= 4 is 0 Å². The van der Waals surface area contributed by atoms with Crippen LogP contribution in [0.4, 0.5) is 0 Å². The molecule has 28 heavy (non-hydrogen) atoms. The summed E-state index contributed by atoms with van der Waals surface area (Å²) in [5, 5.41) is 17.1. The molecule has 0 aliphatic carbocycles. The van der Waals surface area contributed by atoms with E-state index in [2.05, 4.69) is 30.1 Å². The van der Waals surface area contributed by atoms with Crippen molar-refractivity contribution in [2.24, 2.45) is 5.73 Å². The lowest BCUT2D eigenvalue weighted by Gasteiger charge is -2.25. The quantitative estimate of drug-likeness (QED) is 0.720. The second-order valence-corrected chi connectivity index (χ2v) is 6.58. The van der Waals surface area contributed by atoms with Crippen molar-refractivity contribution in [3.63, 3.8) is 0 Å². The van der Waals surface area contributed by atoms with E-state index in [0.717, 1.165) is 36.1 Å². The van der Waals surface area contributed by atoms with Crippen molar-refractivity contribution in [1.82, 2.24) is 10.2 Å². The van der Waals surface area contributed by atoms with Gasteiger partial charge in [0.15, 0.2) is 11.5 Å². The van der Waals surface area contributed by atoms with Gasteiger partial charge < -0.3 is 19.9 Å². The van der Waals surface area contributed by atoms with E-state index in [4.69, 9.17) is 19.9 Å². The molecule has 3 N–H and O–H groups in total. The normalized spacial score (nSPS) is 15.6. The summed E-state index contributed by atoms with van der Waals surface area (Å²) in [5.41, 5.74) is 9.10. The fraction of sp³-hybridized carbons (Fsp3) is 0.429. The number of nitrogens with two attached hydrogens (primary N) is 1. The molecule has 0 saturated carbocycles. The van der Waals surface area contributed by atoms with Gasteiger partial charge in [0.25, 0.3) is 0 Å². The van der Waals surface area contributed by atoms with Crippen LogP contribution in [0.15, 0.2) is 29.7 Å². The number of benzene rings is 1. The predicted molar refractivity (Wildman–Crippen MR) is 105 cm³/mol. The lowest BCUT2D eigenvalue weighted by atomic mass is 9.83. The predicted octanol–water partition coefficient (Wildman–Crippen LogP) is 3.77. The first-order chi connectivity index (χ1) is 13.6. The molecule has 1 aliphatic rings. The van der Waals surface area contributed by atoms with Crippen LogP contribution < -0.4 is 19.9 Å². The van der Waals surface area contributed by atoms with E-state index in [1.807, 2.05) is 25.1 Å². The van der Waals surface area contributed by atoms with Crippen molar-refractivity contribution in [3.05, 3.63) is 46.5 Å². The van der Waals surface area contributed by atoms with Gasteiger partial charge >= 0.3 is 0 Å². The Hall–Kier alpha value is -3.14. The van der Waals surface area contributed by atoms with Crippen LogP contribution in [-0.4, -0.2) is 23.4 Å². The van der Waals surface area contributed by atoms with Gasteiger partial charge in [-0.15, -0.1) is 5.10 Å². The standard InChI is InChI=1S/C21H26N4O3/c1-4-7-15-19-18(14(12-22)20(23)28-21(19)25-24-15)13-8-9-16(27-10-5-2)17(11-13)26-6-3/h8-9,11,18H,4-7,10,23H2,1-3H3,(H,24,25)/t18-/m0/s1. The number of nitrogens with one attached hydrogen (secondary N) is 1. The van der Waals surface area contributed by atoms with Gasteiger partial charge in [-0.05, 0) is 37.5 Å². The van der Waals surface area contributed by atoms with Gasteiger partial charge in [-0.3, -0.25) is 5.10 Å². The molecule has 0 saturated heterocycles. The lowest BCUT2D eigenvalue weighted by Crippen LogP contribution is -2.21. The van der Waals surface area contributed by atoms with Crippen LogP contribution in [0.25, 0.3) is 0 Å². The number of aryl methyl sites for hydroxylation is 1. The van der Waals surface area contributed by atoms with Crippen LogP contribution in [0, 0.1) is 11.3 Å². The Balaban J connectivity index is 2.12. The largest absolute Gasteiger partial charge is 0.490 e. The molecule has 1 aromatic carbocycles. The molecule has 148 valence electrons. The summed E-state index contributed by atoms with van der Waals surface area (Å²) in [5.74, 6) is 1.48. The Labute approximate surface area is 165 Å². The highest BCUT2D eigenvalue weighted by Gasteiger charge is 2.35. The second-order valence-electron chi connectivity index (χ2n) is 6.58. The fourth-order valence-electron chi connectivity index (χ4n) is 3.39. The maximum atomic E-state index is 9.77. The smallest absolute Gasteiger partial charge is 0.244 e. The minimum Gasteiger partial charge on any atom is -0.490 e. The van der Waals surface area contributed by atoms with Crippen molar-refractivity contribution in [1.29, 1.82) is 5.26 Å². The summed E-state index contributed by atoms with van der Waals surface area (Å²) in [4.78, 5) is 0. The van der Waals surface area contributed by atoms with E-state index >= 15 is 0 Å². The molecule has 3 rings (SSSR count). The van der Waals surface area contributed by atoms with Gasteiger partial charge in [-0.1, -0.05) is 26.3 Å². The molecule has 7 nitrogen and oxygen atoms in total. The molecule has 0 radical (unpaired) electrons. The number of aromatic nitrogens is 2. The second kappa shape index (κ2) is 8.70. The third-order valence-electron chi connectivity index (χ3n) is 4.58. The molecular weight excluding hydrogens is 356 g/mol. The third kappa shape index (κ3) is 3.63. The molecule has 1 aliphatic heterocycles. The Morgan fingerprint density at radius 3 is 2.71 bits per heavy atom. The number of allylic oxidation sites excluding steroid dienone is 1. The Morgan fingerprint density at radius 1 is 1.21 bits per heavy atom. The fourth-order valence-corrected chi connectivity index (χ4v) is 3.39. The first-order valence-corrected chi connectivity index (χ1v) is 9.68. The van der Waals surface area contributed by atoms with Gasteiger partial charge in [-0.2, -0.15) is 5.26 Å². The van der Waals surface area contributed by atoms with Crippen molar-refractivity contribution in [3.8, 4) is 23.4 Å². The SMILES string of the molecule is CCCOc1ccc([C@H]2C(C#N)=C(N)Oc3n[nH]c(CCC)c32)cc1OCC.